The molecule has 3 rings (SSSR count). The molecule has 2 amide bonds. The average molecular weight is 295 g/mol. The second-order valence-corrected chi connectivity index (χ2v) is 7.00. The fourth-order valence-corrected chi connectivity index (χ4v) is 4.11. The zero-order valence-electron chi connectivity index (χ0n) is 13.5. The minimum absolute atomic E-state index is 0.218. The number of carbonyl (C=O) groups excluding carboxylic acids is 1. The molecule has 1 spiro atoms. The topological polar surface area (TPSA) is 36.0 Å². The van der Waals surface area contributed by atoms with Gasteiger partial charge in [0.1, 0.15) is 0 Å². The number of ether oxygens (including phenoxy) is 1. The Bertz CT molecular complexity index is 374. The van der Waals surface area contributed by atoms with Crippen molar-refractivity contribution in [1.29, 1.82) is 0 Å². The number of piperidine rings is 1. The van der Waals surface area contributed by atoms with Gasteiger partial charge in [0.15, 0.2) is 0 Å². The average Bonchev–Trinajstić information content (AvgIpc) is 2.97. The van der Waals surface area contributed by atoms with Crippen LogP contribution in [0.1, 0.15) is 32.6 Å². The molecular formula is C16H29N3O2. The zero-order valence-corrected chi connectivity index (χ0v) is 13.5. The standard InChI is InChI=1S/C16H29N3O2/c1-3-21-11-14-6-9-17(2)16(10-14)12-19(13-16)15(20)18-7-4-5-8-18/h14H,3-13H2,1-2H3. The number of hydrogen-bond donors (Lipinski definition) is 0. The number of likely N-dealkylation sites (N-methyl/N-ethyl adjacent to an activating group) is 1. The minimum Gasteiger partial charge on any atom is -0.381 e. The van der Waals surface area contributed by atoms with E-state index in [-0.39, 0.29) is 11.6 Å². The maximum absolute atomic E-state index is 12.4. The van der Waals surface area contributed by atoms with E-state index in [4.69, 9.17) is 4.74 Å². The lowest BCUT2D eigenvalue weighted by Gasteiger charge is -2.58. The van der Waals surface area contributed by atoms with E-state index in [2.05, 4.69) is 18.9 Å². The molecule has 21 heavy (non-hydrogen) atoms. The van der Waals surface area contributed by atoms with Gasteiger partial charge in [-0.15, -0.1) is 0 Å². The van der Waals surface area contributed by atoms with Crippen LogP contribution in [0.5, 0.6) is 0 Å². The Hall–Kier alpha value is -0.810. The summed E-state index contributed by atoms with van der Waals surface area (Å²) in [6.45, 7) is 8.58. The lowest BCUT2D eigenvalue weighted by Crippen LogP contribution is -2.73. The molecule has 5 nitrogen and oxygen atoms in total. The van der Waals surface area contributed by atoms with E-state index >= 15 is 0 Å². The summed E-state index contributed by atoms with van der Waals surface area (Å²) in [5, 5.41) is 0. The van der Waals surface area contributed by atoms with Gasteiger partial charge in [-0.1, -0.05) is 0 Å². The highest BCUT2D eigenvalue weighted by Crippen LogP contribution is 2.38. The smallest absolute Gasteiger partial charge is 0.320 e. The van der Waals surface area contributed by atoms with E-state index in [1.54, 1.807) is 0 Å². The van der Waals surface area contributed by atoms with Crippen molar-refractivity contribution in [2.45, 2.75) is 38.1 Å². The van der Waals surface area contributed by atoms with Crippen molar-refractivity contribution in [3.8, 4) is 0 Å². The highest BCUT2D eigenvalue weighted by Gasteiger charge is 2.51. The summed E-state index contributed by atoms with van der Waals surface area (Å²) in [4.78, 5) is 19.0. The number of likely N-dealkylation sites (tertiary alicyclic amines) is 3. The van der Waals surface area contributed by atoms with Crippen molar-refractivity contribution in [3.05, 3.63) is 0 Å². The number of nitrogens with zero attached hydrogens (tertiary/aromatic N) is 3. The molecule has 1 atom stereocenters. The third-order valence-electron chi connectivity index (χ3n) is 5.53. The molecule has 3 aliphatic rings. The summed E-state index contributed by atoms with van der Waals surface area (Å²) in [6, 6.07) is 0.262. The van der Waals surface area contributed by atoms with Gasteiger partial charge in [0.05, 0.1) is 5.54 Å². The molecule has 0 bridgehead atoms. The van der Waals surface area contributed by atoms with Gasteiger partial charge >= 0.3 is 6.03 Å². The first-order valence-electron chi connectivity index (χ1n) is 8.47. The summed E-state index contributed by atoms with van der Waals surface area (Å²) in [7, 11) is 2.22. The summed E-state index contributed by atoms with van der Waals surface area (Å²) >= 11 is 0. The quantitative estimate of drug-likeness (QED) is 0.794. The molecule has 3 fully saturated rings. The van der Waals surface area contributed by atoms with Crippen LogP contribution in [0.15, 0.2) is 0 Å². The van der Waals surface area contributed by atoms with Crippen molar-refractivity contribution in [1.82, 2.24) is 14.7 Å². The predicted molar refractivity (Wildman–Crippen MR) is 82.4 cm³/mol. The molecule has 1 unspecified atom stereocenters. The van der Waals surface area contributed by atoms with Crippen LogP contribution < -0.4 is 0 Å². The Balaban J connectivity index is 1.54. The highest BCUT2D eigenvalue weighted by atomic mass is 16.5. The maximum Gasteiger partial charge on any atom is 0.320 e. The van der Waals surface area contributed by atoms with Crippen molar-refractivity contribution in [2.24, 2.45) is 5.92 Å². The monoisotopic (exact) mass is 295 g/mol. The number of carbonyl (C=O) groups is 1. The van der Waals surface area contributed by atoms with Gasteiger partial charge in [0, 0.05) is 39.4 Å². The van der Waals surface area contributed by atoms with Gasteiger partial charge in [0.25, 0.3) is 0 Å². The van der Waals surface area contributed by atoms with Gasteiger partial charge < -0.3 is 14.5 Å². The molecule has 3 heterocycles. The molecule has 0 aromatic heterocycles. The van der Waals surface area contributed by atoms with Gasteiger partial charge in [0.2, 0.25) is 0 Å². The van der Waals surface area contributed by atoms with Crippen LogP contribution in [0.4, 0.5) is 4.79 Å². The fourth-order valence-electron chi connectivity index (χ4n) is 4.11. The van der Waals surface area contributed by atoms with E-state index in [0.717, 1.165) is 45.9 Å². The first kappa shape index (κ1) is 15.1. The van der Waals surface area contributed by atoms with Gasteiger partial charge in [-0.25, -0.2) is 4.79 Å². The fraction of sp³-hybridized carbons (Fsp3) is 0.938. The molecule has 0 aliphatic carbocycles. The Kier molecular flexibility index (Phi) is 4.41. The number of amides is 2. The van der Waals surface area contributed by atoms with Gasteiger partial charge in [-0.3, -0.25) is 4.90 Å². The Morgan fingerprint density at radius 3 is 2.57 bits per heavy atom. The van der Waals surface area contributed by atoms with Crippen molar-refractivity contribution >= 4 is 6.03 Å². The molecule has 3 aliphatic heterocycles. The predicted octanol–water partition coefficient (Wildman–Crippen LogP) is 1.63. The molecule has 0 aromatic carbocycles. The molecule has 0 saturated carbocycles. The second kappa shape index (κ2) is 6.13. The van der Waals surface area contributed by atoms with Crippen LogP contribution in [0.3, 0.4) is 0 Å². The third kappa shape index (κ3) is 2.90. The molecular weight excluding hydrogens is 266 g/mol. The van der Waals surface area contributed by atoms with Crippen molar-refractivity contribution in [2.75, 3.05) is 53.0 Å². The molecule has 5 heteroatoms. The molecule has 0 N–H and O–H groups in total. The van der Waals surface area contributed by atoms with E-state index < -0.39 is 0 Å². The summed E-state index contributed by atoms with van der Waals surface area (Å²) < 4.78 is 5.62. The first-order valence-corrected chi connectivity index (χ1v) is 8.47. The highest BCUT2D eigenvalue weighted by molar-refractivity contribution is 5.76. The van der Waals surface area contributed by atoms with E-state index in [0.29, 0.717) is 5.92 Å². The second-order valence-electron chi connectivity index (χ2n) is 7.00. The van der Waals surface area contributed by atoms with E-state index in [1.807, 2.05) is 9.80 Å². The van der Waals surface area contributed by atoms with E-state index in [9.17, 15) is 4.79 Å². The molecule has 0 aromatic rings. The molecule has 120 valence electrons. The summed E-state index contributed by atoms with van der Waals surface area (Å²) in [5.41, 5.74) is 0.218. The summed E-state index contributed by atoms with van der Waals surface area (Å²) in [6.07, 6.45) is 4.73. The first-order chi connectivity index (χ1) is 10.1. The third-order valence-corrected chi connectivity index (χ3v) is 5.53. The van der Waals surface area contributed by atoms with Crippen LogP contribution in [0.25, 0.3) is 0 Å². The van der Waals surface area contributed by atoms with Crippen LogP contribution in [-0.4, -0.2) is 79.3 Å². The zero-order chi connectivity index (χ0) is 14.9. The van der Waals surface area contributed by atoms with Crippen LogP contribution in [0.2, 0.25) is 0 Å². The lowest BCUT2D eigenvalue weighted by molar-refractivity contribution is -0.0746. The SMILES string of the molecule is CCOCC1CCN(C)C2(C1)CN(C(=O)N1CCCC1)C2. The maximum atomic E-state index is 12.4. The Labute approximate surface area is 128 Å². The van der Waals surface area contributed by atoms with Gasteiger partial charge in [-0.05, 0) is 52.1 Å². The molecule has 0 radical (unpaired) electrons. The normalized spacial score (nSPS) is 29.0. The largest absolute Gasteiger partial charge is 0.381 e. The number of urea groups is 1. The molecule has 3 saturated heterocycles. The van der Waals surface area contributed by atoms with Crippen molar-refractivity contribution in [3.63, 3.8) is 0 Å². The minimum atomic E-state index is 0.218. The Morgan fingerprint density at radius 1 is 1.19 bits per heavy atom. The van der Waals surface area contributed by atoms with Crippen LogP contribution in [-0.2, 0) is 4.74 Å². The van der Waals surface area contributed by atoms with E-state index in [1.165, 1.54) is 25.7 Å². The number of rotatable bonds is 3. The van der Waals surface area contributed by atoms with Crippen LogP contribution >= 0.6 is 0 Å². The van der Waals surface area contributed by atoms with Crippen molar-refractivity contribution < 1.29 is 9.53 Å². The van der Waals surface area contributed by atoms with Gasteiger partial charge in [-0.2, -0.15) is 0 Å². The number of hydrogen-bond acceptors (Lipinski definition) is 3. The Morgan fingerprint density at radius 2 is 1.90 bits per heavy atom. The van der Waals surface area contributed by atoms with Crippen LogP contribution in [0, 0.1) is 5.92 Å². The summed E-state index contributed by atoms with van der Waals surface area (Å²) in [5.74, 6) is 0.658. The lowest BCUT2D eigenvalue weighted by atomic mass is 9.75.